The third-order valence-electron chi connectivity index (χ3n) is 3.33. The first kappa shape index (κ1) is 15.4. The normalized spacial score (nSPS) is 12.4. The Labute approximate surface area is 134 Å². The lowest BCUT2D eigenvalue weighted by Crippen LogP contribution is -2.25. The number of hydrogen-bond acceptors (Lipinski definition) is 8. The number of carbonyl (C=O) groups excluding carboxylic acids is 3. The summed E-state index contributed by atoms with van der Waals surface area (Å²) in [6.45, 7) is 0. The summed E-state index contributed by atoms with van der Waals surface area (Å²) in [5.41, 5.74) is 1.54. The zero-order chi connectivity index (χ0) is 17.4. The van der Waals surface area contributed by atoms with Crippen molar-refractivity contribution in [3.63, 3.8) is 0 Å². The maximum Gasteiger partial charge on any atom is 0.375 e. The van der Waals surface area contributed by atoms with Crippen LogP contribution in [0.25, 0.3) is 11.4 Å². The van der Waals surface area contributed by atoms with Crippen LogP contribution >= 0.6 is 0 Å². The quantitative estimate of drug-likeness (QED) is 0.610. The van der Waals surface area contributed by atoms with Crippen LogP contribution in [-0.4, -0.2) is 45.6 Å². The molecule has 0 fully saturated rings. The highest BCUT2D eigenvalue weighted by molar-refractivity contribution is 6.52. The summed E-state index contributed by atoms with van der Waals surface area (Å²) >= 11 is 0. The Kier molecular flexibility index (Phi) is 3.62. The van der Waals surface area contributed by atoms with E-state index in [9.17, 15) is 19.2 Å². The summed E-state index contributed by atoms with van der Waals surface area (Å²) in [6, 6.07) is 4.81. The van der Waals surface area contributed by atoms with E-state index in [4.69, 9.17) is 5.11 Å². The van der Waals surface area contributed by atoms with Crippen LogP contribution in [0, 0.1) is 0 Å². The number of rotatable bonds is 3. The fourth-order valence-electron chi connectivity index (χ4n) is 2.27. The number of hydrogen-bond donors (Lipinski definition) is 2. The second-order valence-corrected chi connectivity index (χ2v) is 4.74. The summed E-state index contributed by atoms with van der Waals surface area (Å²) in [4.78, 5) is 59.6. The van der Waals surface area contributed by atoms with Crippen LogP contribution in [0.15, 0.2) is 24.3 Å². The van der Waals surface area contributed by atoms with Crippen LogP contribution < -0.4 is 5.48 Å². The Bertz CT molecular complexity index is 921. The van der Waals surface area contributed by atoms with Gasteiger partial charge in [0.25, 0.3) is 0 Å². The van der Waals surface area contributed by atoms with Crippen LogP contribution in [0.3, 0.4) is 0 Å². The first-order valence-corrected chi connectivity index (χ1v) is 6.66. The summed E-state index contributed by atoms with van der Waals surface area (Å²) < 4.78 is 0. The van der Waals surface area contributed by atoms with Crippen molar-refractivity contribution in [1.29, 1.82) is 0 Å². The van der Waals surface area contributed by atoms with Crippen LogP contribution in [0.4, 0.5) is 0 Å². The van der Waals surface area contributed by atoms with E-state index in [0.29, 0.717) is 0 Å². The number of nitrogens with zero attached hydrogens (tertiary/aromatic N) is 2. The molecule has 24 heavy (non-hydrogen) atoms. The van der Waals surface area contributed by atoms with Gasteiger partial charge in [-0.1, -0.05) is 0 Å². The lowest BCUT2D eigenvalue weighted by atomic mass is 9.90. The number of ketones is 2. The summed E-state index contributed by atoms with van der Waals surface area (Å²) in [6.07, 6.45) is 0. The molecule has 2 aromatic heterocycles. The van der Waals surface area contributed by atoms with E-state index in [2.05, 4.69) is 20.3 Å². The molecule has 9 nitrogen and oxygen atoms in total. The Morgan fingerprint density at radius 3 is 1.96 bits per heavy atom. The van der Waals surface area contributed by atoms with Gasteiger partial charge in [0, 0.05) is 7.05 Å². The van der Waals surface area contributed by atoms with Crippen LogP contribution in [0.1, 0.15) is 41.7 Å². The van der Waals surface area contributed by atoms with E-state index in [0.717, 1.165) is 6.07 Å². The number of nitrogens with one attached hydrogen (secondary N) is 1. The lowest BCUT2D eigenvalue weighted by Gasteiger charge is -2.16. The van der Waals surface area contributed by atoms with Gasteiger partial charge in [-0.05, 0) is 24.3 Å². The van der Waals surface area contributed by atoms with E-state index in [1.165, 1.54) is 25.2 Å². The topological polar surface area (TPSA) is 136 Å². The predicted octanol–water partition coefficient (Wildman–Crippen LogP) is 0.512. The van der Waals surface area contributed by atoms with Crippen molar-refractivity contribution in [2.24, 2.45) is 0 Å². The van der Waals surface area contributed by atoms with Crippen molar-refractivity contribution < 1.29 is 29.1 Å². The van der Waals surface area contributed by atoms with E-state index < -0.39 is 23.5 Å². The molecular weight excluding hydrogens is 318 g/mol. The second kappa shape index (κ2) is 5.63. The third-order valence-corrected chi connectivity index (χ3v) is 3.33. The largest absolute Gasteiger partial charge is 0.477 e. The maximum absolute atomic E-state index is 12.1. The van der Waals surface area contributed by atoms with Gasteiger partial charge in [0.2, 0.25) is 11.6 Å². The van der Waals surface area contributed by atoms with Gasteiger partial charge in [0.05, 0.1) is 11.1 Å². The number of Topliss-reactive ketones (excluding diaryl/α,β-unsaturated/α-hetero) is 2. The standard InChI is InChI=1S/C15H9N3O6/c1-16-24-15(23)9-5-3-7-11(18-9)10-6(12(19)13(7)20)2-4-8(17-10)14(21)22/h2-5,16H,1H3,(H,21,22). The maximum atomic E-state index is 12.1. The fourth-order valence-corrected chi connectivity index (χ4v) is 2.27. The van der Waals surface area contributed by atoms with Gasteiger partial charge in [-0.15, -0.1) is 0 Å². The number of fused-ring (bicyclic) bond motifs is 3. The minimum absolute atomic E-state index is 0.0387. The first-order chi connectivity index (χ1) is 11.4. The zero-order valence-electron chi connectivity index (χ0n) is 12.2. The minimum Gasteiger partial charge on any atom is -0.477 e. The van der Waals surface area contributed by atoms with Gasteiger partial charge in [0.1, 0.15) is 17.1 Å². The molecular formula is C15H9N3O6. The molecule has 2 aromatic rings. The monoisotopic (exact) mass is 327 g/mol. The highest BCUT2D eigenvalue weighted by atomic mass is 16.7. The Hall–Kier alpha value is -3.46. The van der Waals surface area contributed by atoms with Gasteiger partial charge >= 0.3 is 11.9 Å². The molecule has 0 atom stereocenters. The van der Waals surface area contributed by atoms with Gasteiger partial charge in [0.15, 0.2) is 5.69 Å². The number of hydroxylamine groups is 1. The molecule has 0 spiro atoms. The van der Waals surface area contributed by atoms with Gasteiger partial charge in [-0.25, -0.2) is 19.6 Å². The summed E-state index contributed by atoms with van der Waals surface area (Å²) in [5.74, 6) is -3.72. The molecule has 1 aliphatic rings. The Morgan fingerprint density at radius 2 is 1.46 bits per heavy atom. The SMILES string of the molecule is CNOC(=O)c1ccc2c(n1)-c1nc(C(=O)O)ccc1C(=O)C2=O. The molecule has 3 rings (SSSR count). The molecule has 0 saturated heterocycles. The van der Waals surface area contributed by atoms with E-state index in [-0.39, 0.29) is 33.9 Å². The van der Waals surface area contributed by atoms with Crippen molar-refractivity contribution in [3.8, 4) is 11.4 Å². The molecule has 0 saturated carbocycles. The average molecular weight is 327 g/mol. The van der Waals surface area contributed by atoms with E-state index in [1.807, 2.05) is 0 Å². The average Bonchev–Trinajstić information content (AvgIpc) is 2.58. The van der Waals surface area contributed by atoms with Crippen molar-refractivity contribution in [2.75, 3.05) is 7.05 Å². The number of carboxylic acid groups (broad SMARTS) is 1. The molecule has 0 radical (unpaired) electrons. The molecule has 9 heteroatoms. The van der Waals surface area contributed by atoms with Crippen LogP contribution in [0.5, 0.6) is 0 Å². The summed E-state index contributed by atoms with van der Waals surface area (Å²) in [5, 5.41) is 9.05. The highest BCUT2D eigenvalue weighted by Gasteiger charge is 2.34. The van der Waals surface area contributed by atoms with Gasteiger partial charge in [-0.3, -0.25) is 9.59 Å². The molecule has 0 unspecified atom stereocenters. The van der Waals surface area contributed by atoms with Crippen molar-refractivity contribution in [2.45, 2.75) is 0 Å². The molecule has 0 aliphatic heterocycles. The van der Waals surface area contributed by atoms with Crippen molar-refractivity contribution >= 4 is 23.5 Å². The number of pyridine rings is 2. The number of carboxylic acids is 1. The molecule has 2 N–H and O–H groups in total. The highest BCUT2D eigenvalue weighted by Crippen LogP contribution is 2.31. The predicted molar refractivity (Wildman–Crippen MR) is 77.6 cm³/mol. The summed E-state index contributed by atoms with van der Waals surface area (Å²) in [7, 11) is 1.38. The van der Waals surface area contributed by atoms with E-state index >= 15 is 0 Å². The smallest absolute Gasteiger partial charge is 0.375 e. The molecule has 0 bridgehead atoms. The molecule has 0 amide bonds. The van der Waals surface area contributed by atoms with E-state index in [1.54, 1.807) is 0 Å². The third kappa shape index (κ3) is 2.32. The fraction of sp³-hybridized carbons (Fsp3) is 0.0667. The van der Waals surface area contributed by atoms with Gasteiger partial charge in [-0.2, -0.15) is 5.48 Å². The molecule has 2 heterocycles. The minimum atomic E-state index is -1.30. The number of carbonyl (C=O) groups is 4. The van der Waals surface area contributed by atoms with Gasteiger partial charge < -0.3 is 9.94 Å². The zero-order valence-corrected chi connectivity index (χ0v) is 12.2. The molecule has 120 valence electrons. The van der Waals surface area contributed by atoms with Crippen LogP contribution in [0.2, 0.25) is 0 Å². The number of aromatic nitrogens is 2. The number of aromatic carboxylic acids is 1. The lowest BCUT2D eigenvalue weighted by molar-refractivity contribution is 0.0302. The molecule has 0 aromatic carbocycles. The Morgan fingerprint density at radius 1 is 0.958 bits per heavy atom. The molecule has 1 aliphatic carbocycles. The van der Waals surface area contributed by atoms with Crippen LogP contribution in [-0.2, 0) is 4.84 Å². The second-order valence-electron chi connectivity index (χ2n) is 4.74. The van der Waals surface area contributed by atoms with Crippen molar-refractivity contribution in [1.82, 2.24) is 15.4 Å². The first-order valence-electron chi connectivity index (χ1n) is 6.66. The Balaban J connectivity index is 2.24. The van der Waals surface area contributed by atoms with Crippen molar-refractivity contribution in [3.05, 3.63) is 46.8 Å².